The van der Waals surface area contributed by atoms with Crippen LogP contribution in [0, 0.1) is 5.92 Å². The lowest BCUT2D eigenvalue weighted by Crippen LogP contribution is -2.15. The van der Waals surface area contributed by atoms with Gasteiger partial charge in [0.25, 0.3) is 0 Å². The number of nitrogens with one attached hydrogen (secondary N) is 2. The molecule has 118 valence electrons. The van der Waals surface area contributed by atoms with E-state index < -0.39 is 0 Å². The Morgan fingerprint density at radius 3 is 2.52 bits per heavy atom. The van der Waals surface area contributed by atoms with Gasteiger partial charge in [-0.25, -0.2) is 9.97 Å². The van der Waals surface area contributed by atoms with Crippen LogP contribution in [0.3, 0.4) is 0 Å². The minimum atomic E-state index is -0.116. The summed E-state index contributed by atoms with van der Waals surface area (Å²) in [6.07, 6.45) is 3.88. The summed E-state index contributed by atoms with van der Waals surface area (Å²) in [6.45, 7) is 8.15. The third kappa shape index (κ3) is 4.84. The van der Waals surface area contributed by atoms with Crippen LogP contribution in [0.25, 0.3) is 0 Å². The predicted molar refractivity (Wildman–Crippen MR) is 86.7 cm³/mol. The van der Waals surface area contributed by atoms with Gasteiger partial charge in [0.15, 0.2) is 0 Å². The van der Waals surface area contributed by atoms with Crippen molar-refractivity contribution in [2.24, 2.45) is 5.92 Å². The molecule has 1 aliphatic carbocycles. The van der Waals surface area contributed by atoms with Crippen molar-refractivity contribution in [1.29, 1.82) is 0 Å². The minimum Gasteiger partial charge on any atom is -0.393 e. The summed E-state index contributed by atoms with van der Waals surface area (Å²) >= 11 is 0. The van der Waals surface area contributed by atoms with Crippen LogP contribution in [-0.2, 0) is 0 Å². The Morgan fingerprint density at radius 1 is 1.24 bits per heavy atom. The van der Waals surface area contributed by atoms with Crippen LogP contribution in [0.2, 0.25) is 0 Å². The first-order valence-electron chi connectivity index (χ1n) is 8.13. The van der Waals surface area contributed by atoms with Gasteiger partial charge in [0.2, 0.25) is 0 Å². The molecule has 0 saturated heterocycles. The molecular formula is C16H28N4O. The number of aliphatic hydroxyl groups excluding tert-OH is 1. The van der Waals surface area contributed by atoms with Gasteiger partial charge in [-0.1, -0.05) is 20.8 Å². The second-order valence-corrected chi connectivity index (χ2v) is 6.29. The lowest BCUT2D eigenvalue weighted by atomic mass is 10.1. The average Bonchev–Trinajstić information content (AvgIpc) is 2.88. The van der Waals surface area contributed by atoms with Gasteiger partial charge in [0.1, 0.15) is 17.5 Å². The second kappa shape index (κ2) is 7.59. The maximum atomic E-state index is 9.59. The molecule has 0 amide bonds. The SMILES string of the molecule is CCCNc1cc(NCC2CCC(O)C2)nc(C(C)C)n1. The van der Waals surface area contributed by atoms with Crippen LogP contribution in [-0.4, -0.2) is 34.3 Å². The van der Waals surface area contributed by atoms with Gasteiger partial charge in [-0.15, -0.1) is 0 Å². The van der Waals surface area contributed by atoms with Gasteiger partial charge in [0.05, 0.1) is 6.10 Å². The van der Waals surface area contributed by atoms with E-state index in [-0.39, 0.29) is 6.10 Å². The van der Waals surface area contributed by atoms with Crippen molar-refractivity contribution in [2.75, 3.05) is 23.7 Å². The van der Waals surface area contributed by atoms with Crippen molar-refractivity contribution < 1.29 is 5.11 Å². The standard InChI is InChI=1S/C16H28N4O/c1-4-7-17-14-9-15(20-16(19-14)11(2)3)18-10-12-5-6-13(21)8-12/h9,11-13,21H,4-8,10H2,1-3H3,(H2,17,18,19,20). The number of hydrogen-bond donors (Lipinski definition) is 3. The lowest BCUT2D eigenvalue weighted by Gasteiger charge is -2.15. The minimum absolute atomic E-state index is 0.116. The Labute approximate surface area is 127 Å². The molecule has 21 heavy (non-hydrogen) atoms. The van der Waals surface area contributed by atoms with Crippen molar-refractivity contribution in [3.8, 4) is 0 Å². The molecule has 0 aromatic carbocycles. The van der Waals surface area contributed by atoms with E-state index in [9.17, 15) is 5.11 Å². The van der Waals surface area contributed by atoms with Gasteiger partial charge >= 0.3 is 0 Å². The smallest absolute Gasteiger partial charge is 0.135 e. The van der Waals surface area contributed by atoms with Gasteiger partial charge in [-0.05, 0) is 31.6 Å². The highest BCUT2D eigenvalue weighted by Crippen LogP contribution is 2.26. The van der Waals surface area contributed by atoms with E-state index in [1.165, 1.54) is 0 Å². The third-order valence-corrected chi connectivity index (χ3v) is 3.90. The molecule has 0 radical (unpaired) electrons. The lowest BCUT2D eigenvalue weighted by molar-refractivity contribution is 0.178. The zero-order chi connectivity index (χ0) is 15.2. The van der Waals surface area contributed by atoms with E-state index in [4.69, 9.17) is 0 Å². The second-order valence-electron chi connectivity index (χ2n) is 6.29. The van der Waals surface area contributed by atoms with Crippen molar-refractivity contribution in [3.63, 3.8) is 0 Å². The maximum absolute atomic E-state index is 9.59. The molecule has 0 aliphatic heterocycles. The van der Waals surface area contributed by atoms with Gasteiger partial charge in [0, 0.05) is 25.1 Å². The number of nitrogens with zero attached hydrogens (tertiary/aromatic N) is 2. The van der Waals surface area contributed by atoms with Crippen molar-refractivity contribution in [1.82, 2.24) is 9.97 Å². The summed E-state index contributed by atoms with van der Waals surface area (Å²) in [7, 11) is 0. The monoisotopic (exact) mass is 292 g/mol. The van der Waals surface area contributed by atoms with Gasteiger partial charge < -0.3 is 15.7 Å². The van der Waals surface area contributed by atoms with Crippen molar-refractivity contribution in [2.45, 2.75) is 58.5 Å². The maximum Gasteiger partial charge on any atom is 0.135 e. The number of hydrogen-bond acceptors (Lipinski definition) is 5. The molecule has 0 bridgehead atoms. The summed E-state index contributed by atoms with van der Waals surface area (Å²) in [6, 6.07) is 1.98. The molecule has 5 nitrogen and oxygen atoms in total. The fraction of sp³-hybridized carbons (Fsp3) is 0.750. The zero-order valence-corrected chi connectivity index (χ0v) is 13.4. The molecule has 5 heteroatoms. The Hall–Kier alpha value is -1.36. The summed E-state index contributed by atoms with van der Waals surface area (Å²) in [5.41, 5.74) is 0. The van der Waals surface area contributed by atoms with Crippen LogP contribution >= 0.6 is 0 Å². The largest absolute Gasteiger partial charge is 0.393 e. The van der Waals surface area contributed by atoms with E-state index in [1.807, 2.05) is 6.07 Å². The quantitative estimate of drug-likeness (QED) is 0.720. The van der Waals surface area contributed by atoms with Crippen molar-refractivity contribution in [3.05, 3.63) is 11.9 Å². The molecule has 0 spiro atoms. The highest BCUT2D eigenvalue weighted by Gasteiger charge is 2.22. The van der Waals surface area contributed by atoms with Crippen LogP contribution in [0.5, 0.6) is 0 Å². The fourth-order valence-electron chi connectivity index (χ4n) is 2.64. The molecule has 1 aromatic heterocycles. The predicted octanol–water partition coefficient (Wildman–Crippen LogP) is 2.99. The van der Waals surface area contributed by atoms with Gasteiger partial charge in [-0.2, -0.15) is 0 Å². The summed E-state index contributed by atoms with van der Waals surface area (Å²) in [4.78, 5) is 9.16. The summed E-state index contributed by atoms with van der Waals surface area (Å²) < 4.78 is 0. The van der Waals surface area contributed by atoms with Crippen molar-refractivity contribution >= 4 is 11.6 Å². The zero-order valence-electron chi connectivity index (χ0n) is 13.4. The topological polar surface area (TPSA) is 70.1 Å². The molecule has 1 aromatic rings. The number of aliphatic hydroxyl groups is 1. The van der Waals surface area contributed by atoms with Crippen LogP contribution in [0.15, 0.2) is 6.07 Å². The van der Waals surface area contributed by atoms with E-state index >= 15 is 0 Å². The third-order valence-electron chi connectivity index (χ3n) is 3.90. The van der Waals surface area contributed by atoms with Gasteiger partial charge in [-0.3, -0.25) is 0 Å². The van der Waals surface area contributed by atoms with Crippen LogP contribution in [0.4, 0.5) is 11.6 Å². The molecule has 1 heterocycles. The van der Waals surface area contributed by atoms with E-state index in [0.717, 1.165) is 56.2 Å². The molecule has 2 rings (SSSR count). The molecule has 2 atom stereocenters. The molecular weight excluding hydrogens is 264 g/mol. The highest BCUT2D eigenvalue weighted by atomic mass is 16.3. The first-order chi connectivity index (χ1) is 10.1. The number of aromatic nitrogens is 2. The number of anilines is 2. The highest BCUT2D eigenvalue weighted by molar-refractivity contribution is 5.47. The summed E-state index contributed by atoms with van der Waals surface area (Å²) in [5, 5.41) is 16.3. The normalized spacial score (nSPS) is 21.8. The molecule has 2 unspecified atom stereocenters. The first-order valence-corrected chi connectivity index (χ1v) is 8.13. The van der Waals surface area contributed by atoms with E-state index in [1.54, 1.807) is 0 Å². The molecule has 3 N–H and O–H groups in total. The molecule has 1 saturated carbocycles. The Balaban J connectivity index is 2.01. The van der Waals surface area contributed by atoms with E-state index in [2.05, 4.69) is 41.4 Å². The summed E-state index contributed by atoms with van der Waals surface area (Å²) in [5.74, 6) is 3.50. The molecule has 1 fully saturated rings. The Morgan fingerprint density at radius 2 is 1.95 bits per heavy atom. The number of rotatable bonds is 7. The Kier molecular flexibility index (Phi) is 5.79. The Bertz CT molecular complexity index is 450. The molecule has 1 aliphatic rings. The first kappa shape index (κ1) is 16.0. The average molecular weight is 292 g/mol. The van der Waals surface area contributed by atoms with Crippen LogP contribution < -0.4 is 10.6 Å². The van der Waals surface area contributed by atoms with Crippen LogP contribution in [0.1, 0.15) is 58.2 Å². The van der Waals surface area contributed by atoms with E-state index in [0.29, 0.717) is 11.8 Å². The fourth-order valence-corrected chi connectivity index (χ4v) is 2.64.